The van der Waals surface area contributed by atoms with E-state index in [1.165, 1.54) is 0 Å². The second-order valence-electron chi connectivity index (χ2n) is 6.34. The summed E-state index contributed by atoms with van der Waals surface area (Å²) in [6, 6.07) is 14.5. The Hall–Kier alpha value is -3.39. The van der Waals surface area contributed by atoms with Crippen LogP contribution in [0.4, 0.5) is 5.69 Å². The molecule has 1 amide bonds. The molecule has 0 aliphatic rings. The fourth-order valence-corrected chi connectivity index (χ4v) is 3.08. The van der Waals surface area contributed by atoms with Crippen molar-refractivity contribution in [3.63, 3.8) is 0 Å². The lowest BCUT2D eigenvalue weighted by Gasteiger charge is -2.11. The standard InChI is InChI=1S/C21H18BrN5O2/c1-26-11-10-23-20(26)14-29-17-8-6-15(7-9-17)21(28)25-18-4-2-3-5-19(18)27-13-16(22)12-24-27/h2-13H,14H2,1H3,(H,25,28). The molecule has 0 saturated heterocycles. The fourth-order valence-electron chi connectivity index (χ4n) is 2.79. The van der Waals surface area contributed by atoms with Gasteiger partial charge < -0.3 is 14.6 Å². The van der Waals surface area contributed by atoms with Crippen molar-refractivity contribution in [2.45, 2.75) is 6.61 Å². The Balaban J connectivity index is 1.45. The van der Waals surface area contributed by atoms with Crippen molar-refractivity contribution in [3.05, 3.63) is 89.2 Å². The Kier molecular flexibility index (Phi) is 5.44. The van der Waals surface area contributed by atoms with Gasteiger partial charge in [-0.3, -0.25) is 4.79 Å². The number of halogens is 1. The maximum atomic E-state index is 12.7. The summed E-state index contributed by atoms with van der Waals surface area (Å²) in [6.45, 7) is 0.363. The van der Waals surface area contributed by atoms with Crippen LogP contribution in [0.15, 0.2) is 77.8 Å². The highest BCUT2D eigenvalue weighted by molar-refractivity contribution is 9.10. The van der Waals surface area contributed by atoms with Crippen LogP contribution in [-0.2, 0) is 13.7 Å². The third-order valence-electron chi connectivity index (χ3n) is 4.36. The zero-order valence-electron chi connectivity index (χ0n) is 15.6. The van der Waals surface area contributed by atoms with Gasteiger partial charge in [-0.25, -0.2) is 9.67 Å². The lowest BCUT2D eigenvalue weighted by Crippen LogP contribution is -2.14. The molecule has 0 bridgehead atoms. The second kappa shape index (κ2) is 8.32. The van der Waals surface area contributed by atoms with Crippen LogP contribution in [-0.4, -0.2) is 25.2 Å². The first-order chi connectivity index (χ1) is 14.1. The maximum absolute atomic E-state index is 12.7. The summed E-state index contributed by atoms with van der Waals surface area (Å²) in [5.41, 5.74) is 1.98. The molecule has 0 atom stereocenters. The number of rotatable bonds is 6. The molecule has 0 saturated carbocycles. The Morgan fingerprint density at radius 3 is 2.66 bits per heavy atom. The van der Waals surface area contributed by atoms with Crippen molar-refractivity contribution in [1.82, 2.24) is 19.3 Å². The van der Waals surface area contributed by atoms with Crippen molar-refractivity contribution in [2.75, 3.05) is 5.32 Å². The molecule has 0 aliphatic carbocycles. The van der Waals surface area contributed by atoms with Gasteiger partial charge in [-0.05, 0) is 52.3 Å². The van der Waals surface area contributed by atoms with Crippen molar-refractivity contribution < 1.29 is 9.53 Å². The van der Waals surface area contributed by atoms with Crippen molar-refractivity contribution in [3.8, 4) is 11.4 Å². The number of para-hydroxylation sites is 2. The molecule has 0 unspecified atom stereocenters. The Morgan fingerprint density at radius 2 is 1.97 bits per heavy atom. The summed E-state index contributed by atoms with van der Waals surface area (Å²) in [5.74, 6) is 1.29. The number of imidazole rings is 1. The predicted octanol–water partition coefficient (Wildman–Crippen LogP) is 4.20. The summed E-state index contributed by atoms with van der Waals surface area (Å²) in [6.07, 6.45) is 7.12. The minimum Gasteiger partial charge on any atom is -0.486 e. The van der Waals surface area contributed by atoms with E-state index >= 15 is 0 Å². The Bertz CT molecular complexity index is 1130. The molecule has 4 rings (SSSR count). The lowest BCUT2D eigenvalue weighted by molar-refractivity contribution is 0.102. The number of anilines is 1. The number of nitrogens with zero attached hydrogens (tertiary/aromatic N) is 4. The summed E-state index contributed by atoms with van der Waals surface area (Å²) in [7, 11) is 1.92. The summed E-state index contributed by atoms with van der Waals surface area (Å²) < 4.78 is 10.2. The van der Waals surface area contributed by atoms with E-state index in [4.69, 9.17) is 4.74 Å². The zero-order chi connectivity index (χ0) is 20.2. The molecule has 0 fully saturated rings. The number of carbonyl (C=O) groups excluding carboxylic acids is 1. The highest BCUT2D eigenvalue weighted by Gasteiger charge is 2.11. The molecule has 4 aromatic rings. The first-order valence-electron chi connectivity index (χ1n) is 8.90. The number of aryl methyl sites for hydroxylation is 1. The van der Waals surface area contributed by atoms with E-state index in [1.807, 2.05) is 48.3 Å². The van der Waals surface area contributed by atoms with Gasteiger partial charge in [-0.15, -0.1) is 0 Å². The summed E-state index contributed by atoms with van der Waals surface area (Å²) in [5, 5.41) is 7.23. The average molecular weight is 452 g/mol. The number of nitrogens with one attached hydrogen (secondary N) is 1. The molecule has 0 spiro atoms. The highest BCUT2D eigenvalue weighted by Crippen LogP contribution is 2.22. The zero-order valence-corrected chi connectivity index (χ0v) is 17.2. The number of hydrogen-bond donors (Lipinski definition) is 1. The van der Waals surface area contributed by atoms with E-state index in [1.54, 1.807) is 41.3 Å². The number of amides is 1. The molecule has 1 N–H and O–H groups in total. The first kappa shape index (κ1) is 18.9. The topological polar surface area (TPSA) is 74.0 Å². The van der Waals surface area contributed by atoms with Gasteiger partial charge in [0, 0.05) is 31.2 Å². The van der Waals surface area contributed by atoms with E-state index in [9.17, 15) is 4.79 Å². The predicted molar refractivity (Wildman–Crippen MR) is 113 cm³/mol. The molecule has 0 aliphatic heterocycles. The van der Waals surface area contributed by atoms with Crippen LogP contribution < -0.4 is 10.1 Å². The minimum absolute atomic E-state index is 0.209. The SMILES string of the molecule is Cn1ccnc1COc1ccc(C(=O)Nc2ccccc2-n2cc(Br)cn2)cc1. The van der Waals surface area contributed by atoms with Gasteiger partial charge in [-0.1, -0.05) is 12.1 Å². The molecule has 8 heteroatoms. The van der Waals surface area contributed by atoms with Gasteiger partial charge in [0.05, 0.1) is 22.0 Å². The fraction of sp³-hybridized carbons (Fsp3) is 0.0952. The number of hydrogen-bond acceptors (Lipinski definition) is 4. The molecule has 7 nitrogen and oxygen atoms in total. The van der Waals surface area contributed by atoms with Crippen molar-refractivity contribution in [1.29, 1.82) is 0 Å². The summed E-state index contributed by atoms with van der Waals surface area (Å²) in [4.78, 5) is 16.9. The number of aromatic nitrogens is 4. The molecular weight excluding hydrogens is 434 g/mol. The van der Waals surface area contributed by atoms with Crippen LogP contribution in [0.25, 0.3) is 5.69 Å². The minimum atomic E-state index is -0.209. The lowest BCUT2D eigenvalue weighted by atomic mass is 10.2. The molecule has 2 heterocycles. The van der Waals surface area contributed by atoms with Crippen LogP contribution in [0, 0.1) is 0 Å². The largest absolute Gasteiger partial charge is 0.486 e. The van der Waals surface area contributed by atoms with Crippen molar-refractivity contribution in [2.24, 2.45) is 7.05 Å². The monoisotopic (exact) mass is 451 g/mol. The molecule has 2 aromatic carbocycles. The Morgan fingerprint density at radius 1 is 1.17 bits per heavy atom. The van der Waals surface area contributed by atoms with Crippen LogP contribution in [0.2, 0.25) is 0 Å². The van der Waals surface area contributed by atoms with E-state index in [0.29, 0.717) is 23.6 Å². The van der Waals surface area contributed by atoms with Gasteiger partial charge in [-0.2, -0.15) is 5.10 Å². The number of benzene rings is 2. The third-order valence-corrected chi connectivity index (χ3v) is 4.77. The normalized spacial score (nSPS) is 10.7. The highest BCUT2D eigenvalue weighted by atomic mass is 79.9. The van der Waals surface area contributed by atoms with E-state index < -0.39 is 0 Å². The van der Waals surface area contributed by atoms with Crippen LogP contribution in [0.1, 0.15) is 16.2 Å². The van der Waals surface area contributed by atoms with Crippen LogP contribution in [0.3, 0.4) is 0 Å². The van der Waals surface area contributed by atoms with Gasteiger partial charge >= 0.3 is 0 Å². The van der Waals surface area contributed by atoms with Crippen molar-refractivity contribution >= 4 is 27.5 Å². The molecule has 29 heavy (non-hydrogen) atoms. The summed E-state index contributed by atoms with van der Waals surface area (Å²) >= 11 is 3.39. The number of carbonyl (C=O) groups is 1. The average Bonchev–Trinajstić information content (AvgIpc) is 3.35. The quantitative estimate of drug-likeness (QED) is 0.476. The van der Waals surface area contributed by atoms with E-state index in [0.717, 1.165) is 16.0 Å². The van der Waals surface area contributed by atoms with Gasteiger partial charge in [0.25, 0.3) is 5.91 Å². The third kappa shape index (κ3) is 4.38. The van der Waals surface area contributed by atoms with Crippen LogP contribution in [0.5, 0.6) is 5.75 Å². The van der Waals surface area contributed by atoms with E-state index in [-0.39, 0.29) is 5.91 Å². The van der Waals surface area contributed by atoms with E-state index in [2.05, 4.69) is 31.3 Å². The molecule has 0 radical (unpaired) electrons. The van der Waals surface area contributed by atoms with Gasteiger partial charge in [0.1, 0.15) is 18.2 Å². The first-order valence-corrected chi connectivity index (χ1v) is 9.69. The van der Waals surface area contributed by atoms with Crippen LogP contribution >= 0.6 is 15.9 Å². The van der Waals surface area contributed by atoms with Gasteiger partial charge in [0.15, 0.2) is 0 Å². The molecule has 146 valence electrons. The molecule has 2 aromatic heterocycles. The number of ether oxygens (including phenoxy) is 1. The Labute approximate surface area is 176 Å². The molecular formula is C21H18BrN5O2. The van der Waals surface area contributed by atoms with Gasteiger partial charge in [0.2, 0.25) is 0 Å². The smallest absolute Gasteiger partial charge is 0.255 e. The maximum Gasteiger partial charge on any atom is 0.255 e. The second-order valence-corrected chi connectivity index (χ2v) is 7.26.